The number of halogens is 1. The van der Waals surface area contributed by atoms with Crippen molar-refractivity contribution in [2.45, 2.75) is 39.9 Å². The quantitative estimate of drug-likeness (QED) is 0.873. The van der Waals surface area contributed by atoms with Crippen molar-refractivity contribution in [1.29, 1.82) is 0 Å². The zero-order valence-corrected chi connectivity index (χ0v) is 11.4. The third-order valence-corrected chi connectivity index (χ3v) is 3.19. The lowest BCUT2D eigenvalue weighted by Gasteiger charge is -2.11. The van der Waals surface area contributed by atoms with E-state index in [1.807, 2.05) is 12.1 Å². The summed E-state index contributed by atoms with van der Waals surface area (Å²) >= 11 is 6.06. The molecule has 0 aliphatic heterocycles. The molecule has 1 aromatic heterocycles. The smallest absolute Gasteiger partial charge is 0.0497 e. The lowest BCUT2D eigenvalue weighted by atomic mass is 10.2. The Labute approximate surface area is 108 Å². The number of nitrogens with one attached hydrogen (secondary N) is 1. The molecule has 2 nitrogen and oxygen atoms in total. The van der Waals surface area contributed by atoms with E-state index < -0.39 is 0 Å². The molecule has 1 aromatic carbocycles. The molecule has 0 saturated heterocycles. The first-order chi connectivity index (χ1) is 8.11. The van der Waals surface area contributed by atoms with Crippen LogP contribution in [-0.4, -0.2) is 10.6 Å². The van der Waals surface area contributed by atoms with E-state index in [4.69, 9.17) is 11.6 Å². The van der Waals surface area contributed by atoms with Gasteiger partial charge in [-0.2, -0.15) is 0 Å². The standard InChI is InChI=1S/C14H19ClN2/c1-4-17-13(9-16-10(2)3)7-11-5-6-12(15)8-14(11)17/h5-8,10,16H,4,9H2,1-3H3. The van der Waals surface area contributed by atoms with Crippen molar-refractivity contribution < 1.29 is 0 Å². The Balaban J connectivity index is 2.41. The summed E-state index contributed by atoms with van der Waals surface area (Å²) in [6.45, 7) is 8.36. The molecule has 92 valence electrons. The molecule has 0 atom stereocenters. The SMILES string of the molecule is CCn1c(CNC(C)C)cc2ccc(Cl)cc21. The number of fused-ring (bicyclic) bond motifs is 1. The van der Waals surface area contributed by atoms with Crippen molar-refractivity contribution in [1.82, 2.24) is 9.88 Å². The molecule has 0 unspecified atom stereocenters. The van der Waals surface area contributed by atoms with Gasteiger partial charge in [0.05, 0.1) is 0 Å². The van der Waals surface area contributed by atoms with Crippen LogP contribution >= 0.6 is 11.6 Å². The Morgan fingerprint density at radius 1 is 1.29 bits per heavy atom. The fourth-order valence-electron chi connectivity index (χ4n) is 2.11. The number of hydrogen-bond acceptors (Lipinski definition) is 1. The van der Waals surface area contributed by atoms with E-state index in [1.54, 1.807) is 0 Å². The van der Waals surface area contributed by atoms with Gasteiger partial charge in [0, 0.05) is 40.8 Å². The van der Waals surface area contributed by atoms with Crippen LogP contribution in [0.4, 0.5) is 0 Å². The van der Waals surface area contributed by atoms with Gasteiger partial charge < -0.3 is 9.88 Å². The second-order valence-corrected chi connectivity index (χ2v) is 5.06. The zero-order valence-electron chi connectivity index (χ0n) is 10.6. The maximum atomic E-state index is 6.06. The number of rotatable bonds is 4. The minimum atomic E-state index is 0.502. The van der Waals surface area contributed by atoms with E-state index in [9.17, 15) is 0 Å². The molecule has 2 rings (SSSR count). The van der Waals surface area contributed by atoms with Crippen LogP contribution in [0, 0.1) is 0 Å². The van der Waals surface area contributed by atoms with Gasteiger partial charge in [0.1, 0.15) is 0 Å². The van der Waals surface area contributed by atoms with Gasteiger partial charge in [-0.3, -0.25) is 0 Å². The summed E-state index contributed by atoms with van der Waals surface area (Å²) in [6, 6.07) is 8.82. The minimum absolute atomic E-state index is 0.502. The Kier molecular flexibility index (Phi) is 3.75. The Bertz CT molecular complexity index is 514. The third kappa shape index (κ3) is 2.64. The van der Waals surface area contributed by atoms with E-state index in [2.05, 4.69) is 42.8 Å². The highest BCUT2D eigenvalue weighted by Crippen LogP contribution is 2.23. The van der Waals surface area contributed by atoms with Gasteiger partial charge in [0.25, 0.3) is 0 Å². The molecule has 1 heterocycles. The van der Waals surface area contributed by atoms with Crippen molar-refractivity contribution >= 4 is 22.5 Å². The van der Waals surface area contributed by atoms with Crippen LogP contribution in [0.15, 0.2) is 24.3 Å². The molecule has 0 aliphatic carbocycles. The average molecular weight is 251 g/mol. The molecule has 3 heteroatoms. The molecule has 1 N–H and O–H groups in total. The topological polar surface area (TPSA) is 17.0 Å². The summed E-state index contributed by atoms with van der Waals surface area (Å²) < 4.78 is 2.32. The van der Waals surface area contributed by atoms with Gasteiger partial charge in [-0.1, -0.05) is 31.5 Å². The van der Waals surface area contributed by atoms with Crippen LogP contribution in [0.1, 0.15) is 26.5 Å². The van der Waals surface area contributed by atoms with Crippen LogP contribution in [0.2, 0.25) is 5.02 Å². The molecule has 0 bridgehead atoms. The van der Waals surface area contributed by atoms with Crippen LogP contribution < -0.4 is 5.32 Å². The molecule has 2 aromatic rings. The summed E-state index contributed by atoms with van der Waals surface area (Å²) in [5.74, 6) is 0. The number of aryl methyl sites for hydroxylation is 1. The molecule has 0 saturated carbocycles. The third-order valence-electron chi connectivity index (χ3n) is 2.96. The Morgan fingerprint density at radius 3 is 2.71 bits per heavy atom. The molecule has 0 amide bonds. The zero-order chi connectivity index (χ0) is 12.4. The summed E-state index contributed by atoms with van der Waals surface area (Å²) in [6.07, 6.45) is 0. The van der Waals surface area contributed by atoms with Gasteiger partial charge in [-0.15, -0.1) is 0 Å². The van der Waals surface area contributed by atoms with Crippen molar-refractivity contribution in [2.75, 3.05) is 0 Å². The summed E-state index contributed by atoms with van der Waals surface area (Å²) in [4.78, 5) is 0. The number of nitrogens with zero attached hydrogens (tertiary/aromatic N) is 1. The van der Waals surface area contributed by atoms with Crippen LogP contribution in [0.25, 0.3) is 10.9 Å². The highest BCUT2D eigenvalue weighted by molar-refractivity contribution is 6.31. The molecular weight excluding hydrogens is 232 g/mol. The largest absolute Gasteiger partial charge is 0.344 e. The molecule has 0 spiro atoms. The maximum Gasteiger partial charge on any atom is 0.0497 e. The molecule has 0 fully saturated rings. The average Bonchev–Trinajstić information content (AvgIpc) is 2.63. The first-order valence-corrected chi connectivity index (χ1v) is 6.50. The molecule has 0 aliphatic rings. The first-order valence-electron chi connectivity index (χ1n) is 6.13. The first kappa shape index (κ1) is 12.5. The predicted molar refractivity (Wildman–Crippen MR) is 74.6 cm³/mol. The Morgan fingerprint density at radius 2 is 2.06 bits per heavy atom. The lowest BCUT2D eigenvalue weighted by molar-refractivity contribution is 0.564. The van der Waals surface area contributed by atoms with Crippen molar-refractivity contribution in [2.24, 2.45) is 0 Å². The highest BCUT2D eigenvalue weighted by atomic mass is 35.5. The van der Waals surface area contributed by atoms with Gasteiger partial charge in [0.2, 0.25) is 0 Å². The molecule has 0 radical (unpaired) electrons. The normalized spacial score (nSPS) is 11.6. The van der Waals surface area contributed by atoms with Crippen molar-refractivity contribution in [3.63, 3.8) is 0 Å². The fourth-order valence-corrected chi connectivity index (χ4v) is 2.28. The predicted octanol–water partition coefficient (Wildman–Crippen LogP) is 3.81. The van der Waals surface area contributed by atoms with Crippen LogP contribution in [-0.2, 0) is 13.1 Å². The van der Waals surface area contributed by atoms with Crippen LogP contribution in [0.5, 0.6) is 0 Å². The highest BCUT2D eigenvalue weighted by Gasteiger charge is 2.08. The van der Waals surface area contributed by atoms with Crippen molar-refractivity contribution in [3.8, 4) is 0 Å². The van der Waals surface area contributed by atoms with E-state index >= 15 is 0 Å². The summed E-state index contributed by atoms with van der Waals surface area (Å²) in [5, 5.41) is 5.52. The Hall–Kier alpha value is -0.990. The lowest BCUT2D eigenvalue weighted by Crippen LogP contribution is -2.23. The van der Waals surface area contributed by atoms with Gasteiger partial charge >= 0.3 is 0 Å². The van der Waals surface area contributed by atoms with E-state index in [0.29, 0.717) is 6.04 Å². The number of aromatic nitrogens is 1. The van der Waals surface area contributed by atoms with Gasteiger partial charge in [-0.05, 0) is 25.1 Å². The van der Waals surface area contributed by atoms with E-state index in [1.165, 1.54) is 16.6 Å². The number of hydrogen-bond donors (Lipinski definition) is 1. The van der Waals surface area contributed by atoms with E-state index in [0.717, 1.165) is 18.1 Å². The number of benzene rings is 1. The van der Waals surface area contributed by atoms with Gasteiger partial charge in [0.15, 0.2) is 0 Å². The molecule has 17 heavy (non-hydrogen) atoms. The fraction of sp³-hybridized carbons (Fsp3) is 0.429. The minimum Gasteiger partial charge on any atom is -0.344 e. The second kappa shape index (κ2) is 5.11. The van der Waals surface area contributed by atoms with Crippen molar-refractivity contribution in [3.05, 3.63) is 35.0 Å². The van der Waals surface area contributed by atoms with E-state index in [-0.39, 0.29) is 0 Å². The summed E-state index contributed by atoms with van der Waals surface area (Å²) in [7, 11) is 0. The monoisotopic (exact) mass is 250 g/mol. The summed E-state index contributed by atoms with van der Waals surface area (Å²) in [5.41, 5.74) is 2.54. The molecular formula is C14H19ClN2. The maximum absolute atomic E-state index is 6.06. The van der Waals surface area contributed by atoms with Crippen LogP contribution in [0.3, 0.4) is 0 Å². The second-order valence-electron chi connectivity index (χ2n) is 4.62. The van der Waals surface area contributed by atoms with Gasteiger partial charge in [-0.25, -0.2) is 0 Å².